The number of amides is 1. The predicted octanol–water partition coefficient (Wildman–Crippen LogP) is 1.60. The Morgan fingerprint density at radius 3 is 2.68 bits per heavy atom. The first-order valence-corrected chi connectivity index (χ1v) is 7.99. The maximum atomic E-state index is 12.1. The van der Waals surface area contributed by atoms with Gasteiger partial charge in [-0.3, -0.25) is 4.79 Å². The van der Waals surface area contributed by atoms with E-state index in [0.29, 0.717) is 22.7 Å². The second kappa shape index (κ2) is 7.44. The van der Waals surface area contributed by atoms with Gasteiger partial charge in [0, 0.05) is 0 Å². The van der Waals surface area contributed by atoms with Crippen LogP contribution in [0.3, 0.4) is 0 Å². The van der Waals surface area contributed by atoms with Crippen LogP contribution in [0.15, 0.2) is 0 Å². The van der Waals surface area contributed by atoms with E-state index >= 15 is 0 Å². The van der Waals surface area contributed by atoms with Gasteiger partial charge >= 0.3 is 5.97 Å². The Labute approximate surface area is 120 Å². The zero-order valence-electron chi connectivity index (χ0n) is 11.0. The largest absolute Gasteiger partial charge is 0.480 e. The Morgan fingerprint density at radius 2 is 2.16 bits per heavy atom. The van der Waals surface area contributed by atoms with Gasteiger partial charge < -0.3 is 10.4 Å². The Morgan fingerprint density at radius 1 is 1.47 bits per heavy atom. The van der Waals surface area contributed by atoms with Gasteiger partial charge in [0.2, 0.25) is 0 Å². The van der Waals surface area contributed by atoms with Gasteiger partial charge in [-0.25, -0.2) is 4.79 Å². The summed E-state index contributed by atoms with van der Waals surface area (Å²) in [5.74, 6) is -0.679. The average molecular weight is 303 g/mol. The normalized spacial score (nSPS) is 12.4. The summed E-state index contributed by atoms with van der Waals surface area (Å²) in [6, 6.07) is -0.873. The monoisotopic (exact) mass is 303 g/mol. The van der Waals surface area contributed by atoms with Crippen molar-refractivity contribution in [3.8, 4) is 0 Å². The van der Waals surface area contributed by atoms with E-state index in [-0.39, 0.29) is 5.92 Å². The molecule has 1 atom stereocenters. The van der Waals surface area contributed by atoms with Gasteiger partial charge in [0.25, 0.3) is 5.91 Å². The molecule has 0 unspecified atom stereocenters. The molecule has 1 rings (SSSR count). The zero-order valence-corrected chi connectivity index (χ0v) is 12.7. The quantitative estimate of drug-likeness (QED) is 0.795. The molecule has 6 nitrogen and oxygen atoms in total. The van der Waals surface area contributed by atoms with E-state index in [1.807, 2.05) is 20.1 Å². The summed E-state index contributed by atoms with van der Waals surface area (Å²) in [5.41, 5.74) is 0.608. The van der Waals surface area contributed by atoms with Crippen molar-refractivity contribution in [1.29, 1.82) is 0 Å². The first-order chi connectivity index (χ1) is 8.97. The number of aliphatic carboxylic acids is 1. The highest BCUT2D eigenvalue weighted by Crippen LogP contribution is 2.19. The number of rotatable bonds is 7. The minimum absolute atomic E-state index is 0.0778. The van der Waals surface area contributed by atoms with E-state index in [9.17, 15) is 9.59 Å². The minimum atomic E-state index is -1.02. The van der Waals surface area contributed by atoms with Crippen LogP contribution in [0.5, 0.6) is 0 Å². The molecule has 0 spiro atoms. The molecule has 1 heterocycles. The van der Waals surface area contributed by atoms with Crippen molar-refractivity contribution in [2.75, 3.05) is 12.0 Å². The van der Waals surface area contributed by atoms with Crippen LogP contribution in [0.1, 0.15) is 41.6 Å². The molecule has 8 heteroatoms. The first-order valence-electron chi connectivity index (χ1n) is 5.82. The minimum Gasteiger partial charge on any atom is -0.480 e. The Hall–Kier alpha value is -1.15. The van der Waals surface area contributed by atoms with Gasteiger partial charge in [0.05, 0.1) is 5.69 Å². The summed E-state index contributed by atoms with van der Waals surface area (Å²) in [6.07, 6.45) is 2.29. The Bertz CT molecular complexity index is 448. The van der Waals surface area contributed by atoms with Crippen molar-refractivity contribution in [2.45, 2.75) is 32.2 Å². The lowest BCUT2D eigenvalue weighted by atomic mass is 10.1. The number of nitrogens with zero attached hydrogens (tertiary/aromatic N) is 2. The number of carbonyl (C=O) groups is 2. The Kier molecular flexibility index (Phi) is 6.23. The predicted molar refractivity (Wildman–Crippen MR) is 75.9 cm³/mol. The number of hydrogen-bond donors (Lipinski definition) is 2. The topological polar surface area (TPSA) is 92.2 Å². The van der Waals surface area contributed by atoms with Gasteiger partial charge in [0.15, 0.2) is 0 Å². The van der Waals surface area contributed by atoms with E-state index < -0.39 is 17.9 Å². The molecule has 19 heavy (non-hydrogen) atoms. The first kappa shape index (κ1) is 15.9. The number of hydrogen-bond acceptors (Lipinski definition) is 6. The molecule has 0 aliphatic rings. The lowest BCUT2D eigenvalue weighted by Gasteiger charge is -2.13. The molecule has 0 aliphatic carbocycles. The third-order valence-electron chi connectivity index (χ3n) is 2.48. The van der Waals surface area contributed by atoms with Crippen LogP contribution >= 0.6 is 23.3 Å². The van der Waals surface area contributed by atoms with E-state index in [1.54, 1.807) is 11.8 Å². The molecule has 1 amide bonds. The molecule has 1 aromatic heterocycles. The van der Waals surface area contributed by atoms with Crippen molar-refractivity contribution in [3.05, 3.63) is 10.6 Å². The lowest BCUT2D eigenvalue weighted by Crippen LogP contribution is -2.41. The highest BCUT2D eigenvalue weighted by molar-refractivity contribution is 7.98. The number of carbonyl (C=O) groups excluding carboxylic acids is 1. The smallest absolute Gasteiger partial charge is 0.326 e. The second-order valence-corrected chi connectivity index (χ2v) is 6.03. The molecule has 0 radical (unpaired) electrons. The summed E-state index contributed by atoms with van der Waals surface area (Å²) in [6.45, 7) is 3.83. The summed E-state index contributed by atoms with van der Waals surface area (Å²) in [7, 11) is 0. The van der Waals surface area contributed by atoms with Gasteiger partial charge in [-0.15, -0.1) is 5.10 Å². The number of carboxylic acid groups (broad SMARTS) is 1. The molecule has 1 aromatic rings. The fourth-order valence-corrected chi connectivity index (χ4v) is 2.64. The van der Waals surface area contributed by atoms with Gasteiger partial charge in [-0.2, -0.15) is 11.8 Å². The van der Waals surface area contributed by atoms with Crippen LogP contribution in [-0.4, -0.2) is 44.6 Å². The SMILES string of the molecule is CSCC[C@@H](NC(=O)c1snnc1C(C)C)C(=O)O. The molecular weight excluding hydrogens is 286 g/mol. The van der Waals surface area contributed by atoms with Crippen LogP contribution in [0, 0.1) is 0 Å². The molecule has 0 bridgehead atoms. The Balaban J connectivity index is 2.76. The van der Waals surface area contributed by atoms with Crippen molar-refractivity contribution < 1.29 is 14.7 Å². The fourth-order valence-electron chi connectivity index (χ4n) is 1.45. The lowest BCUT2D eigenvalue weighted by molar-refractivity contribution is -0.139. The molecule has 0 saturated heterocycles. The highest BCUT2D eigenvalue weighted by Gasteiger charge is 2.24. The van der Waals surface area contributed by atoms with E-state index in [2.05, 4.69) is 14.9 Å². The summed E-state index contributed by atoms with van der Waals surface area (Å²) in [4.78, 5) is 23.5. The molecule has 2 N–H and O–H groups in total. The molecule has 0 aliphatic heterocycles. The zero-order chi connectivity index (χ0) is 14.4. The third kappa shape index (κ3) is 4.46. The maximum absolute atomic E-state index is 12.1. The van der Waals surface area contributed by atoms with Crippen LogP contribution in [0.4, 0.5) is 0 Å². The fraction of sp³-hybridized carbons (Fsp3) is 0.636. The molecule has 0 aromatic carbocycles. The van der Waals surface area contributed by atoms with Gasteiger partial charge in [-0.1, -0.05) is 18.3 Å². The van der Waals surface area contributed by atoms with Crippen molar-refractivity contribution in [3.63, 3.8) is 0 Å². The van der Waals surface area contributed by atoms with Gasteiger partial charge in [0.1, 0.15) is 10.9 Å². The second-order valence-electron chi connectivity index (χ2n) is 4.29. The van der Waals surface area contributed by atoms with Crippen LogP contribution < -0.4 is 5.32 Å². The number of aromatic nitrogens is 2. The molecular formula is C11H17N3O3S2. The highest BCUT2D eigenvalue weighted by atomic mass is 32.2. The van der Waals surface area contributed by atoms with Crippen LogP contribution in [0.2, 0.25) is 0 Å². The van der Waals surface area contributed by atoms with E-state index in [1.165, 1.54) is 0 Å². The van der Waals surface area contributed by atoms with Crippen LogP contribution in [-0.2, 0) is 4.79 Å². The molecule has 106 valence electrons. The summed E-state index contributed by atoms with van der Waals surface area (Å²) >= 11 is 2.54. The van der Waals surface area contributed by atoms with E-state index in [0.717, 1.165) is 11.5 Å². The van der Waals surface area contributed by atoms with Crippen LogP contribution in [0.25, 0.3) is 0 Å². The number of thioether (sulfide) groups is 1. The molecule has 0 fully saturated rings. The third-order valence-corrected chi connectivity index (χ3v) is 3.86. The molecule has 0 saturated carbocycles. The standard InChI is InChI=1S/C11H17N3O3S2/c1-6(2)8-9(19-14-13-8)10(15)12-7(11(16)17)4-5-18-3/h6-7H,4-5H2,1-3H3,(H,12,15)(H,16,17)/t7-/m1/s1. The van der Waals surface area contributed by atoms with Gasteiger partial charge in [-0.05, 0) is 35.9 Å². The van der Waals surface area contributed by atoms with Crippen molar-refractivity contribution >= 4 is 35.2 Å². The van der Waals surface area contributed by atoms with E-state index in [4.69, 9.17) is 5.11 Å². The van der Waals surface area contributed by atoms with Crippen molar-refractivity contribution in [2.24, 2.45) is 0 Å². The summed E-state index contributed by atoms with van der Waals surface area (Å²) < 4.78 is 3.76. The summed E-state index contributed by atoms with van der Waals surface area (Å²) in [5, 5.41) is 15.5. The number of nitrogens with one attached hydrogen (secondary N) is 1. The van der Waals surface area contributed by atoms with Crippen molar-refractivity contribution in [1.82, 2.24) is 14.9 Å². The number of carboxylic acids is 1. The maximum Gasteiger partial charge on any atom is 0.326 e. The average Bonchev–Trinajstić information content (AvgIpc) is 2.83.